The van der Waals surface area contributed by atoms with Crippen LogP contribution in [0.15, 0.2) is 0 Å². The SMILES string of the molecule is CC(C)N1CCC(C(=O)CCC(F)(F)F)CC1. The van der Waals surface area contributed by atoms with E-state index < -0.39 is 12.6 Å². The summed E-state index contributed by atoms with van der Waals surface area (Å²) >= 11 is 0. The summed E-state index contributed by atoms with van der Waals surface area (Å²) in [5, 5.41) is 0. The van der Waals surface area contributed by atoms with Gasteiger partial charge in [0.05, 0.1) is 6.42 Å². The summed E-state index contributed by atoms with van der Waals surface area (Å²) in [4.78, 5) is 13.9. The Hall–Kier alpha value is -0.580. The quantitative estimate of drug-likeness (QED) is 0.765. The third-order valence-electron chi connectivity index (χ3n) is 3.37. The first-order chi connectivity index (χ1) is 7.79. The number of likely N-dealkylation sites (tertiary alicyclic amines) is 1. The molecule has 0 aromatic heterocycles. The molecule has 0 N–H and O–H groups in total. The van der Waals surface area contributed by atoms with Gasteiger partial charge in [-0.25, -0.2) is 0 Å². The predicted molar refractivity (Wildman–Crippen MR) is 59.7 cm³/mol. The fraction of sp³-hybridized carbons (Fsp3) is 0.917. The van der Waals surface area contributed by atoms with E-state index in [1.54, 1.807) is 0 Å². The number of carbonyl (C=O) groups excluding carboxylic acids is 1. The highest BCUT2D eigenvalue weighted by Crippen LogP contribution is 2.26. The normalized spacial score (nSPS) is 19.9. The van der Waals surface area contributed by atoms with Crippen molar-refractivity contribution in [3.8, 4) is 0 Å². The van der Waals surface area contributed by atoms with E-state index in [-0.39, 0.29) is 18.1 Å². The fourth-order valence-corrected chi connectivity index (χ4v) is 2.21. The zero-order chi connectivity index (χ0) is 13.1. The fourth-order valence-electron chi connectivity index (χ4n) is 2.21. The van der Waals surface area contributed by atoms with Crippen LogP contribution in [0.3, 0.4) is 0 Å². The van der Waals surface area contributed by atoms with Gasteiger partial charge in [0, 0.05) is 18.4 Å². The molecule has 0 atom stereocenters. The molecule has 0 spiro atoms. The van der Waals surface area contributed by atoms with Crippen molar-refractivity contribution in [1.82, 2.24) is 4.90 Å². The van der Waals surface area contributed by atoms with Gasteiger partial charge in [0.25, 0.3) is 0 Å². The largest absolute Gasteiger partial charge is 0.389 e. The van der Waals surface area contributed by atoms with E-state index in [9.17, 15) is 18.0 Å². The monoisotopic (exact) mass is 251 g/mol. The third kappa shape index (κ3) is 5.06. The first-order valence-electron chi connectivity index (χ1n) is 6.13. The number of alkyl halides is 3. The summed E-state index contributed by atoms with van der Waals surface area (Å²) in [7, 11) is 0. The molecule has 0 unspecified atom stereocenters. The van der Waals surface area contributed by atoms with Crippen LogP contribution in [-0.2, 0) is 4.79 Å². The number of rotatable bonds is 4. The van der Waals surface area contributed by atoms with Gasteiger partial charge in [0.1, 0.15) is 5.78 Å². The Morgan fingerprint density at radius 2 is 1.82 bits per heavy atom. The van der Waals surface area contributed by atoms with Gasteiger partial charge in [0.2, 0.25) is 0 Å². The Balaban J connectivity index is 2.31. The Kier molecular flexibility index (Phi) is 4.98. The topological polar surface area (TPSA) is 20.3 Å². The maximum absolute atomic E-state index is 12.0. The zero-order valence-corrected chi connectivity index (χ0v) is 10.4. The van der Waals surface area contributed by atoms with Crippen LogP contribution in [-0.4, -0.2) is 36.0 Å². The highest BCUT2D eigenvalue weighted by Gasteiger charge is 2.31. The summed E-state index contributed by atoms with van der Waals surface area (Å²) in [5.41, 5.74) is 0. The second-order valence-corrected chi connectivity index (χ2v) is 4.99. The molecule has 0 aliphatic carbocycles. The van der Waals surface area contributed by atoms with Gasteiger partial charge >= 0.3 is 6.18 Å². The molecule has 0 radical (unpaired) electrons. The van der Waals surface area contributed by atoms with Crippen LogP contribution in [0.25, 0.3) is 0 Å². The number of carbonyl (C=O) groups is 1. The van der Waals surface area contributed by atoms with Gasteiger partial charge in [-0.1, -0.05) is 0 Å². The van der Waals surface area contributed by atoms with E-state index in [2.05, 4.69) is 18.7 Å². The van der Waals surface area contributed by atoms with Crippen molar-refractivity contribution in [3.63, 3.8) is 0 Å². The van der Waals surface area contributed by atoms with Crippen LogP contribution in [0.1, 0.15) is 39.5 Å². The standard InChI is InChI=1S/C12H20F3NO/c1-9(2)16-7-4-10(5-8-16)11(17)3-6-12(13,14)15/h9-10H,3-8H2,1-2H3. The molecule has 0 aromatic carbocycles. The molecule has 1 aliphatic heterocycles. The van der Waals surface area contributed by atoms with Crippen molar-refractivity contribution >= 4 is 5.78 Å². The maximum Gasteiger partial charge on any atom is 0.389 e. The van der Waals surface area contributed by atoms with Crippen molar-refractivity contribution in [2.45, 2.75) is 51.7 Å². The summed E-state index contributed by atoms with van der Waals surface area (Å²) in [6.07, 6.45) is -4.13. The average molecular weight is 251 g/mol. The van der Waals surface area contributed by atoms with E-state index in [1.807, 2.05) is 0 Å². The maximum atomic E-state index is 12.0. The molecule has 1 fully saturated rings. The first kappa shape index (κ1) is 14.5. The number of hydrogen-bond donors (Lipinski definition) is 0. The van der Waals surface area contributed by atoms with Crippen molar-refractivity contribution in [2.75, 3.05) is 13.1 Å². The van der Waals surface area contributed by atoms with Crippen LogP contribution >= 0.6 is 0 Å². The Bertz CT molecular complexity index is 255. The lowest BCUT2D eigenvalue weighted by Crippen LogP contribution is -2.40. The molecule has 17 heavy (non-hydrogen) atoms. The Labute approximate surface area is 100 Å². The molecule has 100 valence electrons. The number of halogens is 3. The lowest BCUT2D eigenvalue weighted by molar-refractivity contribution is -0.145. The molecule has 0 bridgehead atoms. The number of ketones is 1. The van der Waals surface area contributed by atoms with Gasteiger partial charge in [-0.2, -0.15) is 13.2 Å². The van der Waals surface area contributed by atoms with Crippen LogP contribution < -0.4 is 0 Å². The number of hydrogen-bond acceptors (Lipinski definition) is 2. The summed E-state index contributed by atoms with van der Waals surface area (Å²) < 4.78 is 36.0. The van der Waals surface area contributed by atoms with Gasteiger partial charge in [-0.15, -0.1) is 0 Å². The third-order valence-corrected chi connectivity index (χ3v) is 3.37. The van der Waals surface area contributed by atoms with E-state index >= 15 is 0 Å². The molecule has 0 amide bonds. The highest BCUT2D eigenvalue weighted by atomic mass is 19.4. The van der Waals surface area contributed by atoms with Crippen LogP contribution in [0.2, 0.25) is 0 Å². The average Bonchev–Trinajstić information content (AvgIpc) is 2.25. The van der Waals surface area contributed by atoms with Crippen LogP contribution in [0.5, 0.6) is 0 Å². The minimum atomic E-state index is -4.21. The van der Waals surface area contributed by atoms with Gasteiger partial charge in [-0.05, 0) is 39.8 Å². The Morgan fingerprint density at radius 3 is 2.24 bits per heavy atom. The smallest absolute Gasteiger partial charge is 0.301 e. The van der Waals surface area contributed by atoms with E-state index in [0.717, 1.165) is 13.1 Å². The minimum Gasteiger partial charge on any atom is -0.301 e. The summed E-state index contributed by atoms with van der Waals surface area (Å²) in [5.74, 6) is -0.377. The second-order valence-electron chi connectivity index (χ2n) is 4.99. The predicted octanol–water partition coefficient (Wildman–Crippen LogP) is 3.02. The van der Waals surface area contributed by atoms with E-state index in [1.165, 1.54) is 0 Å². The molecular weight excluding hydrogens is 231 g/mol. The van der Waals surface area contributed by atoms with E-state index in [0.29, 0.717) is 18.9 Å². The Morgan fingerprint density at radius 1 is 1.29 bits per heavy atom. The number of piperidine rings is 1. The van der Waals surface area contributed by atoms with Crippen molar-refractivity contribution < 1.29 is 18.0 Å². The molecule has 1 aliphatic rings. The van der Waals surface area contributed by atoms with E-state index in [4.69, 9.17) is 0 Å². The van der Waals surface area contributed by atoms with Crippen LogP contribution in [0.4, 0.5) is 13.2 Å². The lowest BCUT2D eigenvalue weighted by Gasteiger charge is -2.34. The summed E-state index contributed by atoms with van der Waals surface area (Å²) in [6, 6.07) is 0.446. The van der Waals surface area contributed by atoms with Crippen molar-refractivity contribution in [1.29, 1.82) is 0 Å². The summed E-state index contributed by atoms with van der Waals surface area (Å²) in [6.45, 7) is 5.82. The van der Waals surface area contributed by atoms with Gasteiger partial charge in [-0.3, -0.25) is 4.79 Å². The molecule has 1 heterocycles. The van der Waals surface area contributed by atoms with Gasteiger partial charge < -0.3 is 4.90 Å². The van der Waals surface area contributed by atoms with Crippen molar-refractivity contribution in [3.05, 3.63) is 0 Å². The molecule has 1 saturated heterocycles. The van der Waals surface area contributed by atoms with Crippen molar-refractivity contribution in [2.24, 2.45) is 5.92 Å². The minimum absolute atomic E-state index is 0.160. The molecule has 1 rings (SSSR count). The lowest BCUT2D eigenvalue weighted by atomic mass is 9.90. The van der Waals surface area contributed by atoms with Gasteiger partial charge in [0.15, 0.2) is 0 Å². The zero-order valence-electron chi connectivity index (χ0n) is 10.4. The molecule has 5 heteroatoms. The molecular formula is C12H20F3NO. The molecule has 2 nitrogen and oxygen atoms in total. The first-order valence-corrected chi connectivity index (χ1v) is 6.13. The number of nitrogens with zero attached hydrogens (tertiary/aromatic N) is 1. The number of Topliss-reactive ketones (excluding diaryl/α,β-unsaturated/α-hetero) is 1. The van der Waals surface area contributed by atoms with Crippen LogP contribution in [0, 0.1) is 5.92 Å². The molecule has 0 aromatic rings. The molecule has 0 saturated carbocycles. The second kappa shape index (κ2) is 5.85. The highest BCUT2D eigenvalue weighted by molar-refractivity contribution is 5.81.